The number of rotatable bonds is 2. The lowest BCUT2D eigenvalue weighted by Crippen LogP contribution is -1.85. The summed E-state index contributed by atoms with van der Waals surface area (Å²) in [5.41, 5.74) is 1.74. The van der Waals surface area contributed by atoms with Gasteiger partial charge in [0.05, 0.1) is 5.75 Å². The number of hydrogen-bond acceptors (Lipinski definition) is 2. The van der Waals surface area contributed by atoms with E-state index in [1.807, 2.05) is 24.3 Å². The summed E-state index contributed by atoms with van der Waals surface area (Å²) in [6, 6.07) is 7.33. The fraction of sp³-hybridized carbons (Fsp3) is 0.0833. The minimum absolute atomic E-state index is 0.528. The highest BCUT2D eigenvalue weighted by Gasteiger charge is 1.90. The van der Waals surface area contributed by atoms with Gasteiger partial charge in [-0.1, -0.05) is 24.0 Å². The number of hydrogen-bond donors (Lipinski definition) is 2. The minimum Gasteiger partial charge on any atom is -0.478 e. The van der Waals surface area contributed by atoms with Crippen molar-refractivity contribution in [1.29, 1.82) is 0 Å². The molecular formula is C12H10O2S. The molecular weight excluding hydrogens is 208 g/mol. The first-order valence-electron chi connectivity index (χ1n) is 4.33. The van der Waals surface area contributed by atoms with Crippen LogP contribution in [0.5, 0.6) is 0 Å². The Hall–Kier alpha value is -1.66. The largest absolute Gasteiger partial charge is 0.478 e. The molecule has 0 atom stereocenters. The van der Waals surface area contributed by atoms with Gasteiger partial charge in [0.1, 0.15) is 0 Å². The van der Waals surface area contributed by atoms with Gasteiger partial charge in [0.25, 0.3) is 0 Å². The van der Waals surface area contributed by atoms with Gasteiger partial charge in [0.15, 0.2) is 0 Å². The molecule has 0 amide bonds. The molecule has 0 aromatic heterocycles. The van der Waals surface area contributed by atoms with E-state index >= 15 is 0 Å². The Morgan fingerprint density at radius 2 is 2.07 bits per heavy atom. The Balaban J connectivity index is 2.76. The topological polar surface area (TPSA) is 37.3 Å². The van der Waals surface area contributed by atoms with Crippen molar-refractivity contribution in [1.82, 2.24) is 0 Å². The Kier molecular flexibility index (Phi) is 4.52. The first-order valence-corrected chi connectivity index (χ1v) is 4.96. The summed E-state index contributed by atoms with van der Waals surface area (Å²) in [5.74, 6) is 5.33. The molecule has 2 nitrogen and oxygen atoms in total. The van der Waals surface area contributed by atoms with Crippen LogP contribution in [-0.2, 0) is 4.79 Å². The van der Waals surface area contributed by atoms with Gasteiger partial charge in [-0.05, 0) is 23.8 Å². The van der Waals surface area contributed by atoms with Gasteiger partial charge >= 0.3 is 5.97 Å². The molecule has 1 aromatic rings. The number of benzene rings is 1. The summed E-state index contributed by atoms with van der Waals surface area (Å²) in [6.07, 6.45) is 2.65. The second-order valence-electron chi connectivity index (χ2n) is 2.75. The molecule has 0 aliphatic carbocycles. The summed E-state index contributed by atoms with van der Waals surface area (Å²) in [7, 11) is 0. The van der Waals surface area contributed by atoms with Gasteiger partial charge in [-0.2, -0.15) is 12.6 Å². The van der Waals surface area contributed by atoms with Crippen LogP contribution in [0.4, 0.5) is 0 Å². The number of carboxylic acid groups (broad SMARTS) is 1. The Bertz CT molecular complexity index is 421. The summed E-state index contributed by atoms with van der Waals surface area (Å²) >= 11 is 3.98. The van der Waals surface area contributed by atoms with Crippen LogP contribution >= 0.6 is 12.6 Å². The van der Waals surface area contributed by atoms with Crippen molar-refractivity contribution in [3.63, 3.8) is 0 Å². The molecule has 1 rings (SSSR count). The summed E-state index contributed by atoms with van der Waals surface area (Å²) in [5, 5.41) is 8.43. The van der Waals surface area contributed by atoms with E-state index in [1.165, 1.54) is 6.08 Å². The third-order valence-electron chi connectivity index (χ3n) is 1.64. The van der Waals surface area contributed by atoms with Gasteiger partial charge < -0.3 is 5.11 Å². The van der Waals surface area contributed by atoms with E-state index < -0.39 is 5.97 Å². The maximum atomic E-state index is 10.3. The maximum Gasteiger partial charge on any atom is 0.328 e. The minimum atomic E-state index is -0.950. The van der Waals surface area contributed by atoms with Gasteiger partial charge in [-0.25, -0.2) is 4.79 Å². The molecule has 0 saturated carbocycles. The standard InChI is InChI=1S/C12H10O2S/c13-12(14)8-7-11-5-3-10(4-6-11)2-1-9-15/h3-8,15H,9H2,(H,13,14)/b8-7+. The van der Waals surface area contributed by atoms with Gasteiger partial charge in [0.2, 0.25) is 0 Å². The zero-order valence-electron chi connectivity index (χ0n) is 7.97. The lowest BCUT2D eigenvalue weighted by molar-refractivity contribution is -0.131. The van der Waals surface area contributed by atoms with Gasteiger partial charge in [0, 0.05) is 11.6 Å². The number of thiol groups is 1. The van der Waals surface area contributed by atoms with Crippen molar-refractivity contribution in [2.45, 2.75) is 0 Å². The van der Waals surface area contributed by atoms with E-state index in [4.69, 9.17) is 5.11 Å². The quantitative estimate of drug-likeness (QED) is 0.453. The van der Waals surface area contributed by atoms with E-state index in [1.54, 1.807) is 0 Å². The number of aliphatic carboxylic acids is 1. The average molecular weight is 218 g/mol. The third-order valence-corrected chi connectivity index (χ3v) is 1.80. The molecule has 0 radical (unpaired) electrons. The van der Waals surface area contributed by atoms with Crippen molar-refractivity contribution in [3.8, 4) is 11.8 Å². The van der Waals surface area contributed by atoms with E-state index in [9.17, 15) is 4.79 Å². The van der Waals surface area contributed by atoms with Crippen molar-refractivity contribution in [2.75, 3.05) is 5.75 Å². The van der Waals surface area contributed by atoms with E-state index in [2.05, 4.69) is 24.5 Å². The lowest BCUT2D eigenvalue weighted by atomic mass is 10.1. The summed E-state index contributed by atoms with van der Waals surface area (Å²) < 4.78 is 0. The molecule has 0 heterocycles. The van der Waals surface area contributed by atoms with Crippen LogP contribution in [-0.4, -0.2) is 16.8 Å². The van der Waals surface area contributed by atoms with Crippen LogP contribution in [0.3, 0.4) is 0 Å². The highest BCUT2D eigenvalue weighted by atomic mass is 32.1. The smallest absolute Gasteiger partial charge is 0.328 e. The SMILES string of the molecule is O=C(O)/C=C/c1ccc(C#CCS)cc1. The van der Waals surface area contributed by atoms with Crippen LogP contribution in [0.1, 0.15) is 11.1 Å². The molecule has 0 aliphatic heterocycles. The molecule has 1 aromatic carbocycles. The Labute approximate surface area is 94.0 Å². The van der Waals surface area contributed by atoms with E-state index in [-0.39, 0.29) is 0 Å². The average Bonchev–Trinajstić information content (AvgIpc) is 2.25. The molecule has 0 bridgehead atoms. The predicted octanol–water partition coefficient (Wildman–Crippen LogP) is 2.07. The normalized spacial score (nSPS) is 9.67. The molecule has 1 N–H and O–H groups in total. The highest BCUT2D eigenvalue weighted by molar-refractivity contribution is 7.80. The predicted molar refractivity (Wildman–Crippen MR) is 63.8 cm³/mol. The summed E-state index contributed by atoms with van der Waals surface area (Å²) in [4.78, 5) is 10.3. The summed E-state index contributed by atoms with van der Waals surface area (Å²) in [6.45, 7) is 0. The Morgan fingerprint density at radius 3 is 2.60 bits per heavy atom. The molecule has 0 spiro atoms. The number of carbonyl (C=O) groups is 1. The Morgan fingerprint density at radius 1 is 1.40 bits per heavy atom. The molecule has 0 saturated heterocycles. The maximum absolute atomic E-state index is 10.3. The van der Waals surface area contributed by atoms with Crippen LogP contribution in [0, 0.1) is 11.8 Å². The molecule has 0 fully saturated rings. The highest BCUT2D eigenvalue weighted by Crippen LogP contribution is 2.05. The molecule has 15 heavy (non-hydrogen) atoms. The first-order chi connectivity index (χ1) is 7.22. The van der Waals surface area contributed by atoms with E-state index in [0.29, 0.717) is 5.75 Å². The van der Waals surface area contributed by atoms with Crippen LogP contribution in [0.25, 0.3) is 6.08 Å². The fourth-order valence-corrected chi connectivity index (χ4v) is 1.07. The first kappa shape index (κ1) is 11.4. The van der Waals surface area contributed by atoms with Gasteiger partial charge in [-0.15, -0.1) is 0 Å². The van der Waals surface area contributed by atoms with Crippen molar-refractivity contribution < 1.29 is 9.90 Å². The molecule has 0 aliphatic rings. The molecule has 0 unspecified atom stereocenters. The third kappa shape index (κ3) is 4.39. The van der Waals surface area contributed by atoms with Crippen LogP contribution in [0.15, 0.2) is 30.3 Å². The second kappa shape index (κ2) is 5.94. The lowest BCUT2D eigenvalue weighted by Gasteiger charge is -1.93. The van der Waals surface area contributed by atoms with Gasteiger partial charge in [-0.3, -0.25) is 0 Å². The monoisotopic (exact) mass is 218 g/mol. The van der Waals surface area contributed by atoms with Crippen molar-refractivity contribution in [3.05, 3.63) is 41.5 Å². The molecule has 3 heteroatoms. The number of carboxylic acids is 1. The fourth-order valence-electron chi connectivity index (χ4n) is 0.987. The molecule has 76 valence electrons. The second-order valence-corrected chi connectivity index (χ2v) is 3.07. The van der Waals surface area contributed by atoms with Crippen LogP contribution in [0.2, 0.25) is 0 Å². The van der Waals surface area contributed by atoms with E-state index in [0.717, 1.165) is 17.2 Å². The zero-order chi connectivity index (χ0) is 11.1. The zero-order valence-corrected chi connectivity index (χ0v) is 8.87. The van der Waals surface area contributed by atoms with Crippen molar-refractivity contribution in [2.24, 2.45) is 0 Å². The van der Waals surface area contributed by atoms with Crippen molar-refractivity contribution >= 4 is 24.7 Å². The van der Waals surface area contributed by atoms with Crippen LogP contribution < -0.4 is 0 Å².